The standard InChI is InChI=1S/C13H14ClN3O4/c1-17(20-2)12(19)5-9(18)10-7-16-13(21-10)8-3-4-11(14)15-6-8/h3-4,6-7,9,18H,5H2,1-2H3. The van der Waals surface area contributed by atoms with Crippen LogP contribution < -0.4 is 0 Å². The number of carbonyl (C=O) groups is 1. The van der Waals surface area contributed by atoms with Gasteiger partial charge in [0.05, 0.1) is 25.3 Å². The highest BCUT2D eigenvalue weighted by Gasteiger charge is 2.20. The minimum Gasteiger partial charge on any atom is -0.438 e. The normalized spacial score (nSPS) is 12.2. The molecule has 0 aromatic carbocycles. The van der Waals surface area contributed by atoms with E-state index in [2.05, 4.69) is 9.97 Å². The van der Waals surface area contributed by atoms with Crippen LogP contribution in [-0.2, 0) is 9.63 Å². The molecular weight excluding hydrogens is 298 g/mol. The summed E-state index contributed by atoms with van der Waals surface area (Å²) in [4.78, 5) is 24.3. The first-order valence-corrected chi connectivity index (χ1v) is 6.45. The van der Waals surface area contributed by atoms with Gasteiger partial charge in [0.15, 0.2) is 5.76 Å². The first-order valence-electron chi connectivity index (χ1n) is 6.07. The summed E-state index contributed by atoms with van der Waals surface area (Å²) in [6.45, 7) is 0. The van der Waals surface area contributed by atoms with E-state index in [1.54, 1.807) is 12.1 Å². The van der Waals surface area contributed by atoms with Crippen LogP contribution in [0.5, 0.6) is 0 Å². The van der Waals surface area contributed by atoms with Crippen molar-refractivity contribution in [2.45, 2.75) is 12.5 Å². The molecule has 0 aliphatic rings. The van der Waals surface area contributed by atoms with E-state index in [9.17, 15) is 9.90 Å². The van der Waals surface area contributed by atoms with Crippen molar-refractivity contribution in [3.63, 3.8) is 0 Å². The largest absolute Gasteiger partial charge is 0.438 e. The van der Waals surface area contributed by atoms with E-state index < -0.39 is 6.10 Å². The monoisotopic (exact) mass is 311 g/mol. The van der Waals surface area contributed by atoms with E-state index >= 15 is 0 Å². The highest BCUT2D eigenvalue weighted by atomic mass is 35.5. The average molecular weight is 312 g/mol. The molecule has 0 saturated heterocycles. The zero-order chi connectivity index (χ0) is 15.4. The van der Waals surface area contributed by atoms with Crippen LogP contribution >= 0.6 is 11.6 Å². The Bertz CT molecular complexity index is 614. The Morgan fingerprint density at radius 2 is 2.24 bits per heavy atom. The summed E-state index contributed by atoms with van der Waals surface area (Å²) >= 11 is 5.70. The van der Waals surface area contributed by atoms with Crippen LogP contribution in [0.1, 0.15) is 18.3 Å². The van der Waals surface area contributed by atoms with Crippen LogP contribution in [0.3, 0.4) is 0 Å². The molecule has 7 nitrogen and oxygen atoms in total. The van der Waals surface area contributed by atoms with Crippen LogP contribution in [0.25, 0.3) is 11.5 Å². The maximum atomic E-state index is 11.6. The smallest absolute Gasteiger partial charge is 0.248 e. The fourth-order valence-corrected chi connectivity index (χ4v) is 1.68. The lowest BCUT2D eigenvalue weighted by Gasteiger charge is -2.15. The molecule has 0 spiro atoms. The molecule has 0 fully saturated rings. The van der Waals surface area contributed by atoms with E-state index in [4.69, 9.17) is 20.9 Å². The Kier molecular flexibility index (Phi) is 4.89. The number of carbonyl (C=O) groups excluding carboxylic acids is 1. The van der Waals surface area contributed by atoms with E-state index in [0.717, 1.165) is 5.06 Å². The van der Waals surface area contributed by atoms with Crippen molar-refractivity contribution in [2.75, 3.05) is 14.2 Å². The van der Waals surface area contributed by atoms with Crippen molar-refractivity contribution in [1.82, 2.24) is 15.0 Å². The van der Waals surface area contributed by atoms with Crippen LogP contribution in [0.15, 0.2) is 28.9 Å². The summed E-state index contributed by atoms with van der Waals surface area (Å²) in [5, 5.41) is 11.4. The number of aliphatic hydroxyl groups is 1. The zero-order valence-electron chi connectivity index (χ0n) is 11.5. The molecule has 1 atom stereocenters. The molecule has 0 aliphatic carbocycles. The van der Waals surface area contributed by atoms with E-state index in [-0.39, 0.29) is 18.1 Å². The van der Waals surface area contributed by atoms with Gasteiger partial charge in [0.25, 0.3) is 0 Å². The van der Waals surface area contributed by atoms with Crippen LogP contribution in [-0.4, -0.2) is 40.2 Å². The van der Waals surface area contributed by atoms with Gasteiger partial charge in [-0.3, -0.25) is 9.63 Å². The second kappa shape index (κ2) is 6.66. The molecule has 8 heteroatoms. The summed E-state index contributed by atoms with van der Waals surface area (Å²) in [6, 6.07) is 3.30. The number of halogens is 1. The number of hydrogen-bond acceptors (Lipinski definition) is 6. The maximum Gasteiger partial charge on any atom is 0.248 e. The zero-order valence-corrected chi connectivity index (χ0v) is 12.2. The van der Waals surface area contributed by atoms with E-state index in [1.165, 1.54) is 26.6 Å². The molecule has 1 amide bonds. The highest BCUT2D eigenvalue weighted by Crippen LogP contribution is 2.24. The van der Waals surface area contributed by atoms with Crippen molar-refractivity contribution >= 4 is 17.5 Å². The summed E-state index contributed by atoms with van der Waals surface area (Å²) in [7, 11) is 2.82. The van der Waals surface area contributed by atoms with Crippen molar-refractivity contribution in [3.8, 4) is 11.5 Å². The average Bonchev–Trinajstić information content (AvgIpc) is 2.97. The topological polar surface area (TPSA) is 88.7 Å². The van der Waals surface area contributed by atoms with Gasteiger partial charge >= 0.3 is 0 Å². The van der Waals surface area contributed by atoms with Gasteiger partial charge in [0, 0.05) is 13.2 Å². The summed E-state index contributed by atoms with van der Waals surface area (Å²) in [5.41, 5.74) is 0.623. The Morgan fingerprint density at radius 1 is 1.48 bits per heavy atom. The summed E-state index contributed by atoms with van der Waals surface area (Å²) in [5.74, 6) is 0.106. The minimum absolute atomic E-state index is 0.169. The number of aliphatic hydroxyl groups excluding tert-OH is 1. The Morgan fingerprint density at radius 3 is 2.86 bits per heavy atom. The van der Waals surface area contributed by atoms with Gasteiger partial charge in [-0.2, -0.15) is 0 Å². The lowest BCUT2D eigenvalue weighted by molar-refractivity contribution is -0.171. The number of aromatic nitrogens is 2. The third-order valence-electron chi connectivity index (χ3n) is 2.82. The predicted octanol–water partition coefficient (Wildman–Crippen LogP) is 1.83. The van der Waals surface area contributed by atoms with Gasteiger partial charge in [0.1, 0.15) is 11.3 Å². The number of hydrogen-bond donors (Lipinski definition) is 1. The number of pyridine rings is 1. The van der Waals surface area contributed by atoms with E-state index in [1.807, 2.05) is 0 Å². The molecule has 0 radical (unpaired) electrons. The van der Waals surface area contributed by atoms with Gasteiger partial charge in [-0.05, 0) is 12.1 Å². The molecule has 2 rings (SSSR count). The molecule has 2 heterocycles. The number of hydroxylamine groups is 2. The first kappa shape index (κ1) is 15.4. The number of nitrogens with zero attached hydrogens (tertiary/aromatic N) is 3. The summed E-state index contributed by atoms with van der Waals surface area (Å²) in [6.07, 6.45) is 1.61. The quantitative estimate of drug-likeness (QED) is 0.669. The van der Waals surface area contributed by atoms with Crippen molar-refractivity contribution in [2.24, 2.45) is 0 Å². The molecule has 1 unspecified atom stereocenters. The van der Waals surface area contributed by atoms with Crippen molar-refractivity contribution in [1.29, 1.82) is 0 Å². The van der Waals surface area contributed by atoms with Gasteiger partial charge in [0.2, 0.25) is 11.8 Å². The number of amides is 1. The molecule has 21 heavy (non-hydrogen) atoms. The fourth-order valence-electron chi connectivity index (χ4n) is 1.57. The van der Waals surface area contributed by atoms with Gasteiger partial charge in [-0.15, -0.1) is 0 Å². The Labute approximate surface area is 126 Å². The minimum atomic E-state index is -1.10. The highest BCUT2D eigenvalue weighted by molar-refractivity contribution is 6.29. The molecule has 1 N–H and O–H groups in total. The summed E-state index contributed by atoms with van der Waals surface area (Å²) < 4.78 is 5.43. The molecule has 0 saturated carbocycles. The lowest BCUT2D eigenvalue weighted by Crippen LogP contribution is -2.26. The molecule has 0 aliphatic heterocycles. The maximum absolute atomic E-state index is 11.6. The molecule has 0 bridgehead atoms. The third-order valence-corrected chi connectivity index (χ3v) is 3.04. The lowest BCUT2D eigenvalue weighted by atomic mass is 10.2. The van der Waals surface area contributed by atoms with Crippen LogP contribution in [0.2, 0.25) is 5.15 Å². The molecule has 2 aromatic heterocycles. The van der Waals surface area contributed by atoms with Crippen LogP contribution in [0, 0.1) is 0 Å². The van der Waals surface area contributed by atoms with Crippen molar-refractivity contribution in [3.05, 3.63) is 35.4 Å². The Balaban J connectivity index is 2.09. The second-order valence-corrected chi connectivity index (χ2v) is 4.62. The molecule has 2 aromatic rings. The third kappa shape index (κ3) is 3.78. The van der Waals surface area contributed by atoms with Gasteiger partial charge < -0.3 is 9.52 Å². The SMILES string of the molecule is CON(C)C(=O)CC(O)c1cnc(-c2ccc(Cl)nc2)o1. The predicted molar refractivity (Wildman–Crippen MR) is 74.1 cm³/mol. The number of rotatable bonds is 5. The Hall–Kier alpha value is -1.96. The van der Waals surface area contributed by atoms with Crippen molar-refractivity contribution < 1.29 is 19.2 Å². The van der Waals surface area contributed by atoms with E-state index in [0.29, 0.717) is 16.6 Å². The molecular formula is C13H14ClN3O4. The fraction of sp³-hybridized carbons (Fsp3) is 0.308. The second-order valence-electron chi connectivity index (χ2n) is 4.23. The molecule has 112 valence electrons. The van der Waals surface area contributed by atoms with Crippen LogP contribution in [0.4, 0.5) is 0 Å². The van der Waals surface area contributed by atoms with Gasteiger partial charge in [-0.1, -0.05) is 11.6 Å². The number of oxazole rings is 1. The van der Waals surface area contributed by atoms with Gasteiger partial charge in [-0.25, -0.2) is 15.0 Å². The first-order chi connectivity index (χ1) is 10.0.